The summed E-state index contributed by atoms with van der Waals surface area (Å²) in [5.41, 5.74) is 2.46. The minimum Gasteiger partial charge on any atom is -0.361 e. The summed E-state index contributed by atoms with van der Waals surface area (Å²) in [4.78, 5) is 29.2. The van der Waals surface area contributed by atoms with Crippen molar-refractivity contribution >= 4 is 45.9 Å². The van der Waals surface area contributed by atoms with Crippen LogP contribution in [0.1, 0.15) is 40.5 Å². The standard InChI is InChI=1S/C24H29N3O2S/c1-5-21(23(29)27-18-10-9-16-11-12-25-20(16)14-18)30-19-8-6-7-17(13-19)26-22(28)15-24(2,3)4/h6-14,21,25H,5,15H2,1-4H3,(H,26,28)(H,27,29). The molecule has 2 amide bonds. The molecule has 0 bridgehead atoms. The third-order valence-electron chi connectivity index (χ3n) is 4.57. The molecule has 3 rings (SSSR count). The normalized spacial score (nSPS) is 12.5. The summed E-state index contributed by atoms with van der Waals surface area (Å²) >= 11 is 1.50. The molecule has 2 aromatic carbocycles. The molecule has 5 nitrogen and oxygen atoms in total. The van der Waals surface area contributed by atoms with E-state index >= 15 is 0 Å². The van der Waals surface area contributed by atoms with E-state index in [1.54, 1.807) is 0 Å². The summed E-state index contributed by atoms with van der Waals surface area (Å²) < 4.78 is 0. The number of fused-ring (bicyclic) bond motifs is 1. The van der Waals surface area contributed by atoms with E-state index in [0.29, 0.717) is 12.8 Å². The van der Waals surface area contributed by atoms with E-state index in [1.165, 1.54) is 11.8 Å². The fraction of sp³-hybridized carbons (Fsp3) is 0.333. The maximum atomic E-state index is 12.8. The SMILES string of the molecule is CCC(Sc1cccc(NC(=O)CC(C)(C)C)c1)C(=O)Nc1ccc2cc[nH]c2c1. The molecule has 0 saturated heterocycles. The molecule has 1 aromatic heterocycles. The van der Waals surface area contributed by atoms with Gasteiger partial charge in [-0.1, -0.05) is 39.8 Å². The fourth-order valence-corrected chi connectivity index (χ4v) is 4.18. The molecule has 0 aliphatic heterocycles. The number of thioether (sulfide) groups is 1. The van der Waals surface area contributed by atoms with Crippen LogP contribution in [0.4, 0.5) is 11.4 Å². The second kappa shape index (κ2) is 9.39. The maximum Gasteiger partial charge on any atom is 0.237 e. The van der Waals surface area contributed by atoms with Crippen molar-refractivity contribution in [2.75, 3.05) is 10.6 Å². The van der Waals surface area contributed by atoms with Crippen LogP contribution >= 0.6 is 11.8 Å². The minimum absolute atomic E-state index is 0.00542. The van der Waals surface area contributed by atoms with E-state index in [-0.39, 0.29) is 22.5 Å². The van der Waals surface area contributed by atoms with Gasteiger partial charge in [0.25, 0.3) is 0 Å². The maximum absolute atomic E-state index is 12.8. The fourth-order valence-electron chi connectivity index (χ4n) is 3.17. The Hall–Kier alpha value is -2.73. The summed E-state index contributed by atoms with van der Waals surface area (Å²) in [6.45, 7) is 8.12. The second-order valence-electron chi connectivity index (χ2n) is 8.60. The number of aromatic amines is 1. The number of nitrogens with one attached hydrogen (secondary N) is 3. The first-order chi connectivity index (χ1) is 14.2. The van der Waals surface area contributed by atoms with Crippen LogP contribution in [0.5, 0.6) is 0 Å². The first-order valence-electron chi connectivity index (χ1n) is 10.2. The van der Waals surface area contributed by atoms with Gasteiger partial charge < -0.3 is 15.6 Å². The Morgan fingerprint density at radius 1 is 1.03 bits per heavy atom. The van der Waals surface area contributed by atoms with Gasteiger partial charge in [0.1, 0.15) is 0 Å². The Labute approximate surface area is 182 Å². The van der Waals surface area contributed by atoms with E-state index in [0.717, 1.165) is 27.2 Å². The lowest BCUT2D eigenvalue weighted by Gasteiger charge is -2.18. The third-order valence-corrected chi connectivity index (χ3v) is 5.93. The summed E-state index contributed by atoms with van der Waals surface area (Å²) in [5.74, 6) is -0.0373. The topological polar surface area (TPSA) is 74.0 Å². The van der Waals surface area contributed by atoms with Crippen molar-refractivity contribution in [2.45, 2.75) is 50.7 Å². The van der Waals surface area contributed by atoms with E-state index in [4.69, 9.17) is 0 Å². The molecule has 0 saturated carbocycles. The Kier molecular flexibility index (Phi) is 6.87. The smallest absolute Gasteiger partial charge is 0.237 e. The third kappa shape index (κ3) is 6.13. The molecule has 1 unspecified atom stereocenters. The molecule has 0 aliphatic carbocycles. The van der Waals surface area contributed by atoms with Gasteiger partial charge in [-0.15, -0.1) is 11.8 Å². The predicted molar refractivity (Wildman–Crippen MR) is 126 cm³/mol. The summed E-state index contributed by atoms with van der Waals surface area (Å²) in [7, 11) is 0. The lowest BCUT2D eigenvalue weighted by molar-refractivity contribution is -0.118. The van der Waals surface area contributed by atoms with Gasteiger partial charge in [0.05, 0.1) is 5.25 Å². The van der Waals surface area contributed by atoms with Gasteiger partial charge in [-0.2, -0.15) is 0 Å². The lowest BCUT2D eigenvalue weighted by atomic mass is 9.92. The van der Waals surface area contributed by atoms with Gasteiger partial charge in [0.2, 0.25) is 11.8 Å². The molecule has 0 radical (unpaired) electrons. The van der Waals surface area contributed by atoms with Crippen LogP contribution in [0, 0.1) is 5.41 Å². The van der Waals surface area contributed by atoms with Crippen molar-refractivity contribution in [1.82, 2.24) is 4.98 Å². The van der Waals surface area contributed by atoms with Crippen molar-refractivity contribution < 1.29 is 9.59 Å². The zero-order valence-corrected chi connectivity index (χ0v) is 18.7. The van der Waals surface area contributed by atoms with E-state index in [9.17, 15) is 9.59 Å². The molecular weight excluding hydrogens is 394 g/mol. The quantitative estimate of drug-likeness (QED) is 0.405. The first kappa shape index (κ1) is 22.0. The number of benzene rings is 2. The molecule has 30 heavy (non-hydrogen) atoms. The van der Waals surface area contributed by atoms with Crippen molar-refractivity contribution in [3.05, 3.63) is 54.7 Å². The van der Waals surface area contributed by atoms with E-state index < -0.39 is 0 Å². The van der Waals surface area contributed by atoms with Gasteiger partial charge in [-0.05, 0) is 53.6 Å². The number of hydrogen-bond acceptors (Lipinski definition) is 3. The van der Waals surface area contributed by atoms with Crippen LogP contribution in [-0.4, -0.2) is 22.0 Å². The first-order valence-corrected chi connectivity index (χ1v) is 11.1. The Morgan fingerprint density at radius 3 is 2.53 bits per heavy atom. The molecule has 6 heteroatoms. The molecule has 3 N–H and O–H groups in total. The predicted octanol–water partition coefficient (Wildman–Crippen LogP) is 6.05. The highest BCUT2D eigenvalue weighted by Gasteiger charge is 2.19. The lowest BCUT2D eigenvalue weighted by Crippen LogP contribution is -2.24. The number of H-pyrrole nitrogens is 1. The van der Waals surface area contributed by atoms with Crippen molar-refractivity contribution in [1.29, 1.82) is 0 Å². The minimum atomic E-state index is -0.232. The largest absolute Gasteiger partial charge is 0.361 e. The average Bonchev–Trinajstić information content (AvgIpc) is 3.12. The highest BCUT2D eigenvalue weighted by molar-refractivity contribution is 8.00. The number of carbonyl (C=O) groups excluding carboxylic acids is 2. The molecule has 0 spiro atoms. The summed E-state index contributed by atoms with van der Waals surface area (Å²) in [6, 6.07) is 15.5. The van der Waals surface area contributed by atoms with E-state index in [1.807, 2.05) is 82.4 Å². The van der Waals surface area contributed by atoms with Crippen LogP contribution in [-0.2, 0) is 9.59 Å². The average molecular weight is 424 g/mol. The van der Waals surface area contributed by atoms with Crippen LogP contribution in [0.3, 0.4) is 0 Å². The van der Waals surface area contributed by atoms with Crippen molar-refractivity contribution in [2.24, 2.45) is 5.41 Å². The number of amides is 2. The van der Waals surface area contributed by atoms with E-state index in [2.05, 4.69) is 15.6 Å². The number of rotatable bonds is 7. The Bertz CT molecular complexity index is 1040. The van der Waals surface area contributed by atoms with Gasteiger partial charge in [0, 0.05) is 34.4 Å². The van der Waals surface area contributed by atoms with Gasteiger partial charge in [-0.3, -0.25) is 9.59 Å². The zero-order chi connectivity index (χ0) is 21.7. The molecule has 1 atom stereocenters. The molecule has 0 fully saturated rings. The van der Waals surface area contributed by atoms with Crippen molar-refractivity contribution in [3.8, 4) is 0 Å². The number of hydrogen-bond donors (Lipinski definition) is 3. The van der Waals surface area contributed by atoms with Gasteiger partial charge in [-0.25, -0.2) is 0 Å². The summed E-state index contributed by atoms with van der Waals surface area (Å²) in [5, 5.41) is 6.85. The number of anilines is 2. The molecule has 0 aliphatic rings. The monoisotopic (exact) mass is 423 g/mol. The molecule has 158 valence electrons. The van der Waals surface area contributed by atoms with Crippen LogP contribution < -0.4 is 10.6 Å². The summed E-state index contributed by atoms with van der Waals surface area (Å²) in [6.07, 6.45) is 3.03. The van der Waals surface area contributed by atoms with Crippen LogP contribution in [0.2, 0.25) is 0 Å². The number of carbonyl (C=O) groups is 2. The van der Waals surface area contributed by atoms with Crippen LogP contribution in [0.25, 0.3) is 10.9 Å². The van der Waals surface area contributed by atoms with Gasteiger partial charge >= 0.3 is 0 Å². The Morgan fingerprint density at radius 2 is 1.80 bits per heavy atom. The molecular formula is C24H29N3O2S. The molecule has 3 aromatic rings. The Balaban J connectivity index is 1.64. The second-order valence-corrected chi connectivity index (χ2v) is 9.87. The highest BCUT2D eigenvalue weighted by atomic mass is 32.2. The van der Waals surface area contributed by atoms with Crippen molar-refractivity contribution in [3.63, 3.8) is 0 Å². The zero-order valence-electron chi connectivity index (χ0n) is 17.9. The number of aromatic nitrogens is 1. The molecule has 1 heterocycles. The highest BCUT2D eigenvalue weighted by Crippen LogP contribution is 2.29. The van der Waals surface area contributed by atoms with Gasteiger partial charge in [0.15, 0.2) is 0 Å². The van der Waals surface area contributed by atoms with Crippen LogP contribution in [0.15, 0.2) is 59.6 Å².